The van der Waals surface area contributed by atoms with Crippen molar-refractivity contribution in [2.75, 3.05) is 16.8 Å². The first-order chi connectivity index (χ1) is 16.2. The smallest absolute Gasteiger partial charge is 0.307 e. The highest BCUT2D eigenvalue weighted by atomic mass is 19.1. The first-order valence-corrected chi connectivity index (χ1v) is 12.3. The Morgan fingerprint density at radius 1 is 1.24 bits per heavy atom. The van der Waals surface area contributed by atoms with Crippen LogP contribution in [0.2, 0.25) is 0 Å². The quantitative estimate of drug-likeness (QED) is 0.516. The van der Waals surface area contributed by atoms with E-state index in [1.807, 2.05) is 0 Å². The number of carbonyl (C=O) groups excluding carboxylic acids is 1. The van der Waals surface area contributed by atoms with Crippen LogP contribution in [-0.2, 0) is 16.0 Å². The molecule has 184 valence electrons. The van der Waals surface area contributed by atoms with E-state index in [0.717, 1.165) is 32.2 Å². The fraction of sp³-hybridized carbons (Fsp3) is 0.577. The normalized spacial score (nSPS) is 20.4. The lowest BCUT2D eigenvalue weighted by molar-refractivity contribution is -0.138. The summed E-state index contributed by atoms with van der Waals surface area (Å²) in [7, 11) is 0. The maximum Gasteiger partial charge on any atom is 0.307 e. The molecule has 34 heavy (non-hydrogen) atoms. The molecule has 0 unspecified atom stereocenters. The average Bonchev–Trinajstić information content (AvgIpc) is 3.49. The summed E-state index contributed by atoms with van der Waals surface area (Å²) in [6, 6.07) is 5.15. The van der Waals surface area contributed by atoms with Crippen molar-refractivity contribution in [1.29, 1.82) is 0 Å². The summed E-state index contributed by atoms with van der Waals surface area (Å²) >= 11 is 0. The number of rotatable bonds is 9. The molecule has 2 saturated carbocycles. The van der Waals surface area contributed by atoms with Gasteiger partial charge in [0.05, 0.1) is 29.4 Å². The van der Waals surface area contributed by atoms with E-state index in [9.17, 15) is 14.7 Å². The number of carboxylic acid groups (broad SMARTS) is 1. The molecule has 1 aromatic heterocycles. The van der Waals surface area contributed by atoms with E-state index in [0.29, 0.717) is 40.7 Å². The minimum Gasteiger partial charge on any atom is -0.481 e. The molecule has 0 aliphatic heterocycles. The molecule has 2 atom stereocenters. The lowest BCUT2D eigenvalue weighted by Gasteiger charge is -2.38. The second kappa shape index (κ2) is 10.2. The Hall–Kier alpha value is -2.90. The number of aromatic nitrogens is 1. The lowest BCUT2D eigenvalue weighted by atomic mass is 9.92. The van der Waals surface area contributed by atoms with Gasteiger partial charge in [-0.1, -0.05) is 38.3 Å². The summed E-state index contributed by atoms with van der Waals surface area (Å²) in [4.78, 5) is 26.6. The zero-order chi connectivity index (χ0) is 24.4. The predicted octanol–water partition coefficient (Wildman–Crippen LogP) is 5.29. The monoisotopic (exact) mass is 471 g/mol. The van der Waals surface area contributed by atoms with Crippen molar-refractivity contribution in [2.24, 2.45) is 11.8 Å². The van der Waals surface area contributed by atoms with Gasteiger partial charge in [0.1, 0.15) is 11.6 Å². The standard InChI is InChI=1S/C26H34FN3O4/c1-15(2)14-30(18-7-5-4-6-8-18)24-13-22(27)20(19-11-21(19)26(32)33)12-23(24)28-25(31)10-17-9-16(3)34-29-17/h9,12-13,15,18-19,21H,4-8,10-11,14H2,1-3H3,(H,28,31)(H,32,33)/t19-,21-/m0/s1. The highest BCUT2D eigenvalue weighted by Gasteiger charge is 2.46. The topological polar surface area (TPSA) is 95.7 Å². The highest BCUT2D eigenvalue weighted by molar-refractivity contribution is 5.96. The molecule has 0 bridgehead atoms. The van der Waals surface area contributed by atoms with Crippen LogP contribution in [0.15, 0.2) is 22.7 Å². The van der Waals surface area contributed by atoms with E-state index in [1.54, 1.807) is 19.1 Å². The van der Waals surface area contributed by atoms with E-state index in [-0.39, 0.29) is 24.3 Å². The van der Waals surface area contributed by atoms with Gasteiger partial charge in [0, 0.05) is 24.6 Å². The average molecular weight is 472 g/mol. The van der Waals surface area contributed by atoms with Gasteiger partial charge in [-0.05, 0) is 49.8 Å². The van der Waals surface area contributed by atoms with Crippen LogP contribution in [0.5, 0.6) is 0 Å². The van der Waals surface area contributed by atoms with Crippen molar-refractivity contribution in [3.05, 3.63) is 41.0 Å². The molecule has 8 heteroatoms. The third-order valence-corrected chi connectivity index (χ3v) is 6.80. The molecule has 1 heterocycles. The SMILES string of the molecule is Cc1cc(CC(=O)Nc2cc([C@@H]3C[C@@H]3C(=O)O)c(F)cc2N(CC(C)C)C2CCCCC2)no1. The van der Waals surface area contributed by atoms with Gasteiger partial charge in [-0.3, -0.25) is 9.59 Å². The molecule has 2 fully saturated rings. The van der Waals surface area contributed by atoms with E-state index in [2.05, 4.69) is 29.2 Å². The molecule has 2 aliphatic rings. The molecule has 2 aromatic rings. The molecule has 0 saturated heterocycles. The maximum atomic E-state index is 15.4. The molecule has 0 spiro atoms. The highest BCUT2D eigenvalue weighted by Crippen LogP contribution is 2.50. The van der Waals surface area contributed by atoms with E-state index in [4.69, 9.17) is 4.52 Å². The number of hydrogen-bond donors (Lipinski definition) is 2. The Balaban J connectivity index is 1.68. The van der Waals surface area contributed by atoms with Gasteiger partial charge in [0.25, 0.3) is 0 Å². The number of amides is 1. The molecule has 1 aromatic carbocycles. The van der Waals surface area contributed by atoms with Crippen molar-refractivity contribution < 1.29 is 23.6 Å². The summed E-state index contributed by atoms with van der Waals surface area (Å²) in [6.45, 7) is 6.78. The van der Waals surface area contributed by atoms with Crippen molar-refractivity contribution >= 4 is 23.3 Å². The Morgan fingerprint density at radius 3 is 2.56 bits per heavy atom. The van der Waals surface area contributed by atoms with Crippen molar-refractivity contribution in [2.45, 2.75) is 77.7 Å². The number of anilines is 2. The number of hydrogen-bond acceptors (Lipinski definition) is 5. The number of nitrogens with zero attached hydrogens (tertiary/aromatic N) is 2. The van der Waals surface area contributed by atoms with Crippen molar-refractivity contribution in [1.82, 2.24) is 5.16 Å². The number of halogens is 1. The molecule has 4 rings (SSSR count). The first-order valence-electron chi connectivity index (χ1n) is 12.3. The van der Waals surface area contributed by atoms with Crippen molar-refractivity contribution in [3.63, 3.8) is 0 Å². The number of aryl methyl sites for hydroxylation is 1. The molecular formula is C26H34FN3O4. The predicted molar refractivity (Wildman–Crippen MR) is 128 cm³/mol. The largest absolute Gasteiger partial charge is 0.481 e. The zero-order valence-corrected chi connectivity index (χ0v) is 20.1. The van der Waals surface area contributed by atoms with Crippen LogP contribution in [0, 0.1) is 24.6 Å². The molecule has 0 radical (unpaired) electrons. The molecule has 2 N–H and O–H groups in total. The van der Waals surface area contributed by atoms with Crippen LogP contribution in [0.25, 0.3) is 0 Å². The van der Waals surface area contributed by atoms with Gasteiger partial charge < -0.3 is 19.8 Å². The van der Waals surface area contributed by atoms with Gasteiger partial charge in [-0.2, -0.15) is 0 Å². The first kappa shape index (κ1) is 24.2. The van der Waals surface area contributed by atoms with Gasteiger partial charge in [-0.25, -0.2) is 4.39 Å². The Morgan fingerprint density at radius 2 is 1.97 bits per heavy atom. The third kappa shape index (κ3) is 5.59. The summed E-state index contributed by atoms with van der Waals surface area (Å²) in [5.41, 5.74) is 2.08. The number of aliphatic carboxylic acids is 1. The molecule has 2 aliphatic carbocycles. The summed E-state index contributed by atoms with van der Waals surface area (Å²) in [5.74, 6) is -1.55. The Bertz CT molecular complexity index is 1040. The minimum absolute atomic E-state index is 0.0400. The summed E-state index contributed by atoms with van der Waals surface area (Å²) in [6.07, 6.45) is 5.99. The molecule has 1 amide bonds. The van der Waals surface area contributed by atoms with Crippen molar-refractivity contribution in [3.8, 4) is 0 Å². The second-order valence-electron chi connectivity index (χ2n) is 10.2. The minimum atomic E-state index is -0.913. The van der Waals surface area contributed by atoms with E-state index >= 15 is 4.39 Å². The molecule has 7 nitrogen and oxygen atoms in total. The summed E-state index contributed by atoms with van der Waals surface area (Å²) < 4.78 is 20.4. The molecular weight excluding hydrogens is 437 g/mol. The van der Waals surface area contributed by atoms with Gasteiger partial charge in [0.15, 0.2) is 0 Å². The third-order valence-electron chi connectivity index (χ3n) is 6.80. The fourth-order valence-electron chi connectivity index (χ4n) is 5.10. The van der Waals surface area contributed by atoms with Gasteiger partial charge in [0.2, 0.25) is 5.91 Å². The van der Waals surface area contributed by atoms with E-state index < -0.39 is 17.7 Å². The lowest BCUT2D eigenvalue weighted by Crippen LogP contribution is -2.40. The maximum absolute atomic E-state index is 15.4. The number of carbonyl (C=O) groups is 2. The van der Waals surface area contributed by atoms with Gasteiger partial charge in [-0.15, -0.1) is 0 Å². The number of benzene rings is 1. The van der Waals surface area contributed by atoms with Crippen LogP contribution >= 0.6 is 0 Å². The Kier molecular flexibility index (Phi) is 7.24. The Labute approximate surface area is 199 Å². The second-order valence-corrected chi connectivity index (χ2v) is 10.2. The number of carboxylic acids is 1. The fourth-order valence-corrected chi connectivity index (χ4v) is 5.10. The summed E-state index contributed by atoms with van der Waals surface area (Å²) in [5, 5.41) is 16.2. The van der Waals surface area contributed by atoms with Crippen LogP contribution in [0.1, 0.15) is 75.3 Å². The van der Waals surface area contributed by atoms with Crippen LogP contribution in [-0.4, -0.2) is 34.7 Å². The number of nitrogens with one attached hydrogen (secondary N) is 1. The zero-order valence-electron chi connectivity index (χ0n) is 20.1. The van der Waals surface area contributed by atoms with Crippen LogP contribution in [0.3, 0.4) is 0 Å². The van der Waals surface area contributed by atoms with Crippen LogP contribution in [0.4, 0.5) is 15.8 Å². The van der Waals surface area contributed by atoms with Crippen LogP contribution < -0.4 is 10.2 Å². The van der Waals surface area contributed by atoms with E-state index in [1.165, 1.54) is 12.5 Å². The van der Waals surface area contributed by atoms with Gasteiger partial charge >= 0.3 is 5.97 Å².